The molecule has 0 N–H and O–H groups in total. The van der Waals surface area contributed by atoms with Gasteiger partial charge in [-0.05, 0) is 55.7 Å². The molecule has 2 aromatic heterocycles. The first-order valence-electron chi connectivity index (χ1n) is 15.0. The molecular formula is C34H32N4O6. The summed E-state index contributed by atoms with van der Waals surface area (Å²) in [4.78, 5) is 25.5. The third-order valence-electron chi connectivity index (χ3n) is 8.48. The van der Waals surface area contributed by atoms with Gasteiger partial charge in [0.1, 0.15) is 11.6 Å². The molecule has 7 rings (SSSR count). The standard InChI is InChI=1S/C34H32N4O6/c39-27(15-23-6-2-8-31-33(23)43-19-41-31)17-25-10-12-29(37-35-25)21-4-1-5-22(14-21)30-13-11-26(36-38-30)18-28(40)16-24-7-3-9-32-34(24)44-20-42-32/h2-3,6-13,21-22H,1,4-5,14-20H2/t21-,22-/m0/s1. The lowest BCUT2D eigenvalue weighted by atomic mass is 9.78. The summed E-state index contributed by atoms with van der Waals surface area (Å²) in [5.41, 5.74) is 4.84. The van der Waals surface area contributed by atoms with Crippen molar-refractivity contribution in [3.05, 3.63) is 94.6 Å². The zero-order chi connectivity index (χ0) is 29.9. The molecule has 44 heavy (non-hydrogen) atoms. The van der Waals surface area contributed by atoms with Crippen molar-refractivity contribution < 1.29 is 28.5 Å². The van der Waals surface area contributed by atoms with E-state index in [1.54, 1.807) is 0 Å². The van der Waals surface area contributed by atoms with Crippen molar-refractivity contribution in [1.29, 1.82) is 0 Å². The van der Waals surface area contributed by atoms with Gasteiger partial charge in [0.25, 0.3) is 0 Å². The molecule has 0 amide bonds. The highest BCUT2D eigenvalue weighted by Gasteiger charge is 2.27. The van der Waals surface area contributed by atoms with E-state index < -0.39 is 0 Å². The molecule has 10 heteroatoms. The van der Waals surface area contributed by atoms with Crippen LogP contribution in [0.1, 0.15) is 71.4 Å². The maximum Gasteiger partial charge on any atom is 0.231 e. The first-order valence-corrected chi connectivity index (χ1v) is 15.0. The highest BCUT2D eigenvalue weighted by Crippen LogP contribution is 2.40. The van der Waals surface area contributed by atoms with Crippen molar-refractivity contribution >= 4 is 11.6 Å². The number of ketones is 2. The number of benzene rings is 2. The summed E-state index contributed by atoms with van der Waals surface area (Å²) in [6.07, 6.45) is 4.96. The summed E-state index contributed by atoms with van der Waals surface area (Å²) in [5.74, 6) is 3.27. The number of Topliss-reactive ketones (excluding diaryl/α,β-unsaturated/α-hetero) is 2. The fourth-order valence-corrected chi connectivity index (χ4v) is 6.31. The lowest BCUT2D eigenvalue weighted by Gasteiger charge is -2.28. The number of nitrogens with zero attached hydrogens (tertiary/aromatic N) is 4. The minimum atomic E-state index is 0.0459. The summed E-state index contributed by atoms with van der Waals surface area (Å²) >= 11 is 0. The number of para-hydroxylation sites is 2. The first kappa shape index (κ1) is 27.9. The highest BCUT2D eigenvalue weighted by atomic mass is 16.7. The highest BCUT2D eigenvalue weighted by molar-refractivity contribution is 5.84. The zero-order valence-corrected chi connectivity index (χ0v) is 24.2. The number of hydrogen-bond acceptors (Lipinski definition) is 10. The molecule has 0 spiro atoms. The molecule has 10 nitrogen and oxygen atoms in total. The van der Waals surface area contributed by atoms with Crippen LogP contribution in [-0.2, 0) is 35.3 Å². The average Bonchev–Trinajstić information content (AvgIpc) is 3.73. The van der Waals surface area contributed by atoms with Gasteiger partial charge >= 0.3 is 0 Å². The Kier molecular flexibility index (Phi) is 7.87. The number of carbonyl (C=O) groups excluding carboxylic acids is 2. The number of ether oxygens (including phenoxy) is 4. The predicted octanol–water partition coefficient (Wildman–Crippen LogP) is 4.87. The molecule has 2 atom stereocenters. The van der Waals surface area contributed by atoms with Gasteiger partial charge in [0, 0.05) is 35.8 Å². The third kappa shape index (κ3) is 6.10. The van der Waals surface area contributed by atoms with Gasteiger partial charge in [0.15, 0.2) is 23.0 Å². The Morgan fingerprint density at radius 2 is 1.09 bits per heavy atom. The molecule has 0 radical (unpaired) electrons. The second-order valence-electron chi connectivity index (χ2n) is 11.5. The summed E-state index contributed by atoms with van der Waals surface area (Å²) in [5, 5.41) is 17.8. The second-order valence-corrected chi connectivity index (χ2v) is 11.5. The zero-order valence-electron chi connectivity index (χ0n) is 24.2. The third-order valence-corrected chi connectivity index (χ3v) is 8.48. The van der Waals surface area contributed by atoms with E-state index in [9.17, 15) is 9.59 Å². The Hall–Kier alpha value is -4.86. The molecule has 4 heterocycles. The van der Waals surface area contributed by atoms with E-state index in [4.69, 9.17) is 18.9 Å². The van der Waals surface area contributed by atoms with E-state index in [-0.39, 0.29) is 62.7 Å². The average molecular weight is 593 g/mol. The van der Waals surface area contributed by atoms with Crippen LogP contribution in [0.4, 0.5) is 0 Å². The molecule has 0 bridgehead atoms. The van der Waals surface area contributed by atoms with Gasteiger partial charge in [-0.1, -0.05) is 30.7 Å². The minimum Gasteiger partial charge on any atom is -0.454 e. The van der Waals surface area contributed by atoms with Gasteiger partial charge in [0.2, 0.25) is 13.6 Å². The number of fused-ring (bicyclic) bond motifs is 2. The smallest absolute Gasteiger partial charge is 0.231 e. The van der Waals surface area contributed by atoms with Crippen molar-refractivity contribution in [1.82, 2.24) is 20.4 Å². The molecule has 1 saturated carbocycles. The Labute approximate surface area is 254 Å². The van der Waals surface area contributed by atoms with Crippen molar-refractivity contribution in [2.24, 2.45) is 0 Å². The molecule has 1 fully saturated rings. The molecule has 0 unspecified atom stereocenters. The topological polar surface area (TPSA) is 123 Å². The molecule has 0 saturated heterocycles. The van der Waals surface area contributed by atoms with E-state index >= 15 is 0 Å². The van der Waals surface area contributed by atoms with Crippen LogP contribution in [0.25, 0.3) is 0 Å². The van der Waals surface area contributed by atoms with Crippen LogP contribution >= 0.6 is 0 Å². The van der Waals surface area contributed by atoms with E-state index in [1.165, 1.54) is 0 Å². The van der Waals surface area contributed by atoms with Crippen LogP contribution < -0.4 is 18.9 Å². The summed E-state index contributed by atoms with van der Waals surface area (Å²) in [6, 6.07) is 19.0. The summed E-state index contributed by atoms with van der Waals surface area (Å²) in [7, 11) is 0. The van der Waals surface area contributed by atoms with Crippen molar-refractivity contribution in [2.45, 2.75) is 63.2 Å². The van der Waals surface area contributed by atoms with Gasteiger partial charge in [-0.2, -0.15) is 20.4 Å². The van der Waals surface area contributed by atoms with Gasteiger partial charge in [-0.15, -0.1) is 0 Å². The Balaban J connectivity index is 0.926. The van der Waals surface area contributed by atoms with Crippen molar-refractivity contribution in [3.8, 4) is 23.0 Å². The van der Waals surface area contributed by atoms with Crippen LogP contribution in [0.3, 0.4) is 0 Å². The van der Waals surface area contributed by atoms with Crippen LogP contribution in [0.5, 0.6) is 23.0 Å². The molecule has 2 aliphatic heterocycles. The fraction of sp³-hybridized carbons (Fsp3) is 0.353. The molecule has 4 aromatic rings. The van der Waals surface area contributed by atoms with Gasteiger partial charge in [0.05, 0.1) is 35.6 Å². The Bertz CT molecular complexity index is 1550. The Morgan fingerprint density at radius 1 is 0.591 bits per heavy atom. The first-order chi connectivity index (χ1) is 21.6. The van der Waals surface area contributed by atoms with Crippen LogP contribution in [-0.4, -0.2) is 45.5 Å². The molecular weight excluding hydrogens is 560 g/mol. The fourth-order valence-electron chi connectivity index (χ4n) is 6.31. The normalized spacial score (nSPS) is 18.3. The van der Waals surface area contributed by atoms with Gasteiger partial charge in [-0.25, -0.2) is 0 Å². The number of carbonyl (C=O) groups is 2. The monoisotopic (exact) mass is 592 g/mol. The van der Waals surface area contributed by atoms with Crippen LogP contribution in [0.2, 0.25) is 0 Å². The summed E-state index contributed by atoms with van der Waals surface area (Å²) in [6.45, 7) is 0.357. The van der Waals surface area contributed by atoms with Gasteiger partial charge in [-0.3, -0.25) is 9.59 Å². The van der Waals surface area contributed by atoms with E-state index in [0.717, 1.165) is 48.2 Å². The lowest BCUT2D eigenvalue weighted by Crippen LogP contribution is -2.17. The SMILES string of the molecule is O=C(Cc1ccc([C@H]2CCC[C@H](c3ccc(CC(=O)Cc4cccc5c4OCO5)nn3)C2)nn1)Cc1cccc2c1OCO2. The van der Waals surface area contributed by atoms with Crippen LogP contribution in [0.15, 0.2) is 60.7 Å². The maximum atomic E-state index is 12.8. The number of aromatic nitrogens is 4. The quantitative estimate of drug-likeness (QED) is 0.252. The maximum absolute atomic E-state index is 12.8. The van der Waals surface area contributed by atoms with E-state index in [2.05, 4.69) is 20.4 Å². The van der Waals surface area contributed by atoms with E-state index in [1.807, 2.05) is 60.7 Å². The largest absolute Gasteiger partial charge is 0.454 e. The van der Waals surface area contributed by atoms with E-state index in [0.29, 0.717) is 34.4 Å². The molecule has 1 aliphatic carbocycles. The molecule has 2 aromatic carbocycles. The van der Waals surface area contributed by atoms with Crippen molar-refractivity contribution in [2.75, 3.05) is 13.6 Å². The Morgan fingerprint density at radius 3 is 1.55 bits per heavy atom. The second kappa shape index (κ2) is 12.4. The lowest BCUT2D eigenvalue weighted by molar-refractivity contribution is -0.118. The number of rotatable bonds is 10. The van der Waals surface area contributed by atoms with Gasteiger partial charge < -0.3 is 18.9 Å². The molecule has 224 valence electrons. The number of hydrogen-bond donors (Lipinski definition) is 0. The minimum absolute atomic E-state index is 0.0459. The predicted molar refractivity (Wildman–Crippen MR) is 158 cm³/mol. The van der Waals surface area contributed by atoms with Crippen LogP contribution in [0, 0.1) is 0 Å². The molecule has 3 aliphatic rings. The van der Waals surface area contributed by atoms with Crippen molar-refractivity contribution in [3.63, 3.8) is 0 Å². The summed E-state index contributed by atoms with van der Waals surface area (Å²) < 4.78 is 21.9.